The molecule has 2 heterocycles. The first-order valence-corrected chi connectivity index (χ1v) is 8.51. The number of methoxy groups -OCH3 is 1. The lowest BCUT2D eigenvalue weighted by Crippen LogP contribution is -2.46. The van der Waals surface area contributed by atoms with E-state index in [4.69, 9.17) is 13.6 Å². The normalized spacial score (nSPS) is 12.8. The molecule has 1 aromatic carbocycles. The number of hydrogen-bond donors (Lipinski definition) is 3. The van der Waals surface area contributed by atoms with Gasteiger partial charge in [0, 0.05) is 17.7 Å². The van der Waals surface area contributed by atoms with E-state index in [0.29, 0.717) is 11.3 Å². The standard InChI is InChI=1S/C20H20N2O6/c1-26-16-6-3-2-5-14(16)11-21-18(23)19(24)22-13-20(25,15-8-10-27-12-15)17-7-4-9-28-17/h2-10,12,25H,11,13H2,1H3,(H,21,23)(H,22,24)/t20-/m1/s1. The SMILES string of the molecule is COc1ccccc1CNC(=O)C(=O)NC[C@@](O)(c1ccoc1)c1ccco1. The first kappa shape index (κ1) is 19.2. The molecule has 3 aromatic rings. The Labute approximate surface area is 161 Å². The van der Waals surface area contributed by atoms with Gasteiger partial charge in [0.25, 0.3) is 0 Å². The third-order valence-electron chi connectivity index (χ3n) is 4.27. The number of aliphatic hydroxyl groups is 1. The number of carbonyl (C=O) groups excluding carboxylic acids is 2. The maximum absolute atomic E-state index is 12.2. The number of ether oxygens (including phenoxy) is 1. The van der Waals surface area contributed by atoms with Crippen LogP contribution in [0.2, 0.25) is 0 Å². The van der Waals surface area contributed by atoms with E-state index in [1.165, 1.54) is 25.9 Å². The van der Waals surface area contributed by atoms with Crippen molar-refractivity contribution in [3.8, 4) is 5.75 Å². The van der Waals surface area contributed by atoms with Crippen LogP contribution in [0.5, 0.6) is 5.75 Å². The van der Waals surface area contributed by atoms with Gasteiger partial charge in [0.15, 0.2) is 5.60 Å². The summed E-state index contributed by atoms with van der Waals surface area (Å²) in [5.41, 5.74) is -0.552. The van der Waals surface area contributed by atoms with Gasteiger partial charge in [-0.2, -0.15) is 0 Å². The van der Waals surface area contributed by atoms with Gasteiger partial charge in [0.2, 0.25) is 0 Å². The van der Waals surface area contributed by atoms with Gasteiger partial charge in [-0.25, -0.2) is 0 Å². The second kappa shape index (κ2) is 8.45. The fourth-order valence-corrected chi connectivity index (χ4v) is 2.74. The minimum atomic E-state index is -1.67. The Balaban J connectivity index is 1.62. The number of benzene rings is 1. The summed E-state index contributed by atoms with van der Waals surface area (Å²) in [6.45, 7) is -0.151. The molecule has 2 amide bonds. The highest BCUT2D eigenvalue weighted by Gasteiger charge is 2.36. The fraction of sp³-hybridized carbons (Fsp3) is 0.200. The minimum Gasteiger partial charge on any atom is -0.496 e. The van der Waals surface area contributed by atoms with Gasteiger partial charge >= 0.3 is 11.8 Å². The second-order valence-electron chi connectivity index (χ2n) is 6.03. The van der Waals surface area contributed by atoms with Crippen molar-refractivity contribution in [2.45, 2.75) is 12.1 Å². The van der Waals surface area contributed by atoms with Crippen LogP contribution in [0, 0.1) is 0 Å². The van der Waals surface area contributed by atoms with Gasteiger partial charge in [-0.05, 0) is 24.3 Å². The molecule has 0 saturated carbocycles. The molecule has 0 bridgehead atoms. The lowest BCUT2D eigenvalue weighted by Gasteiger charge is -2.25. The van der Waals surface area contributed by atoms with E-state index in [-0.39, 0.29) is 18.8 Å². The van der Waals surface area contributed by atoms with E-state index in [2.05, 4.69) is 10.6 Å². The van der Waals surface area contributed by atoms with Gasteiger partial charge in [-0.3, -0.25) is 9.59 Å². The summed E-state index contributed by atoms with van der Waals surface area (Å²) in [5, 5.41) is 16.0. The number of rotatable bonds is 7. The van der Waals surface area contributed by atoms with Crippen LogP contribution in [0.4, 0.5) is 0 Å². The van der Waals surface area contributed by atoms with Crippen LogP contribution >= 0.6 is 0 Å². The van der Waals surface area contributed by atoms with Crippen molar-refractivity contribution in [2.24, 2.45) is 0 Å². The Morgan fingerprint density at radius 3 is 2.54 bits per heavy atom. The molecule has 0 aliphatic rings. The highest BCUT2D eigenvalue weighted by Crippen LogP contribution is 2.29. The third kappa shape index (κ3) is 4.07. The molecule has 3 N–H and O–H groups in total. The van der Waals surface area contributed by atoms with Crippen molar-refractivity contribution in [1.82, 2.24) is 10.6 Å². The number of furan rings is 2. The molecule has 1 atom stereocenters. The van der Waals surface area contributed by atoms with Gasteiger partial charge in [-0.15, -0.1) is 0 Å². The molecule has 0 aliphatic heterocycles. The van der Waals surface area contributed by atoms with E-state index in [9.17, 15) is 14.7 Å². The summed E-state index contributed by atoms with van der Waals surface area (Å²) in [6, 6.07) is 11.9. The molecule has 0 unspecified atom stereocenters. The maximum Gasteiger partial charge on any atom is 0.309 e. The summed E-state index contributed by atoms with van der Waals surface area (Å²) >= 11 is 0. The summed E-state index contributed by atoms with van der Waals surface area (Å²) < 4.78 is 15.5. The first-order chi connectivity index (χ1) is 13.5. The lowest BCUT2D eigenvalue weighted by atomic mass is 9.93. The van der Waals surface area contributed by atoms with E-state index in [1.807, 2.05) is 6.07 Å². The number of amides is 2. The zero-order chi connectivity index (χ0) is 20.0. The Hall–Kier alpha value is -3.52. The van der Waals surface area contributed by atoms with Crippen molar-refractivity contribution in [2.75, 3.05) is 13.7 Å². The zero-order valence-electron chi connectivity index (χ0n) is 15.2. The summed E-state index contributed by atoms with van der Waals surface area (Å²) in [6.07, 6.45) is 4.14. The molecular formula is C20H20N2O6. The van der Waals surface area contributed by atoms with Crippen LogP contribution in [-0.4, -0.2) is 30.6 Å². The number of para-hydroxylation sites is 1. The molecule has 0 spiro atoms. The number of carbonyl (C=O) groups is 2. The zero-order valence-corrected chi connectivity index (χ0v) is 15.2. The summed E-state index contributed by atoms with van der Waals surface area (Å²) in [7, 11) is 1.53. The average Bonchev–Trinajstić information content (AvgIpc) is 3.44. The smallest absolute Gasteiger partial charge is 0.309 e. The topological polar surface area (TPSA) is 114 Å². The molecule has 0 radical (unpaired) electrons. The van der Waals surface area contributed by atoms with Crippen LogP contribution in [0.1, 0.15) is 16.9 Å². The summed E-state index contributed by atoms with van der Waals surface area (Å²) in [4.78, 5) is 24.3. The van der Waals surface area contributed by atoms with Crippen molar-refractivity contribution in [1.29, 1.82) is 0 Å². The van der Waals surface area contributed by atoms with Gasteiger partial charge < -0.3 is 29.3 Å². The van der Waals surface area contributed by atoms with Gasteiger partial charge in [0.05, 0.1) is 32.4 Å². The molecule has 0 saturated heterocycles. The fourth-order valence-electron chi connectivity index (χ4n) is 2.74. The summed E-state index contributed by atoms with van der Waals surface area (Å²) in [5.74, 6) is -0.901. The predicted octanol–water partition coefficient (Wildman–Crippen LogP) is 1.55. The van der Waals surface area contributed by atoms with Crippen LogP contribution in [0.25, 0.3) is 0 Å². The molecule has 8 nitrogen and oxygen atoms in total. The van der Waals surface area contributed by atoms with Gasteiger partial charge in [0.1, 0.15) is 11.5 Å². The Kier molecular flexibility index (Phi) is 5.81. The Morgan fingerprint density at radius 1 is 1.07 bits per heavy atom. The average molecular weight is 384 g/mol. The van der Waals surface area contributed by atoms with Crippen molar-refractivity contribution < 1.29 is 28.3 Å². The quantitative estimate of drug-likeness (QED) is 0.533. The number of hydrogen-bond acceptors (Lipinski definition) is 6. The second-order valence-corrected chi connectivity index (χ2v) is 6.03. The van der Waals surface area contributed by atoms with Gasteiger partial charge in [-0.1, -0.05) is 18.2 Å². The maximum atomic E-state index is 12.2. The lowest BCUT2D eigenvalue weighted by molar-refractivity contribution is -0.139. The first-order valence-electron chi connectivity index (χ1n) is 8.51. The van der Waals surface area contributed by atoms with E-state index < -0.39 is 17.4 Å². The molecule has 0 fully saturated rings. The highest BCUT2D eigenvalue weighted by atomic mass is 16.5. The van der Waals surface area contributed by atoms with E-state index in [0.717, 1.165) is 5.56 Å². The molecule has 0 aliphatic carbocycles. The van der Waals surface area contributed by atoms with E-state index >= 15 is 0 Å². The molecule has 28 heavy (non-hydrogen) atoms. The molecule has 146 valence electrons. The molecule has 8 heteroatoms. The predicted molar refractivity (Wildman–Crippen MR) is 98.3 cm³/mol. The van der Waals surface area contributed by atoms with Crippen molar-refractivity contribution >= 4 is 11.8 Å². The highest BCUT2D eigenvalue weighted by molar-refractivity contribution is 6.35. The monoisotopic (exact) mass is 384 g/mol. The Morgan fingerprint density at radius 2 is 1.86 bits per heavy atom. The number of nitrogens with one attached hydrogen (secondary N) is 2. The van der Waals surface area contributed by atoms with Crippen LogP contribution < -0.4 is 15.4 Å². The molecule has 3 rings (SSSR count). The van der Waals surface area contributed by atoms with E-state index in [1.54, 1.807) is 36.4 Å². The largest absolute Gasteiger partial charge is 0.496 e. The van der Waals surface area contributed by atoms with Crippen LogP contribution in [-0.2, 0) is 21.7 Å². The molecule has 2 aromatic heterocycles. The van der Waals surface area contributed by atoms with Crippen molar-refractivity contribution in [3.05, 3.63) is 78.1 Å². The van der Waals surface area contributed by atoms with Crippen LogP contribution in [0.3, 0.4) is 0 Å². The minimum absolute atomic E-state index is 0.125. The Bertz CT molecular complexity index is 884. The van der Waals surface area contributed by atoms with Crippen LogP contribution in [0.15, 0.2) is 70.1 Å². The third-order valence-corrected chi connectivity index (χ3v) is 4.27. The molecular weight excluding hydrogens is 364 g/mol. The van der Waals surface area contributed by atoms with Crippen molar-refractivity contribution in [3.63, 3.8) is 0 Å².